The number of nitrogens with zero attached hydrogens (tertiary/aromatic N) is 1. The molecular weight excluding hydrogens is 258 g/mol. The van der Waals surface area contributed by atoms with Gasteiger partial charge in [0.2, 0.25) is 0 Å². The Morgan fingerprint density at radius 3 is 2.58 bits per heavy atom. The van der Waals surface area contributed by atoms with Crippen LogP contribution in [0.5, 0.6) is 0 Å². The molecule has 1 unspecified atom stereocenters. The molecule has 1 saturated heterocycles. The minimum atomic E-state index is -0.332. The molecule has 102 valence electrons. The largest absolute Gasteiger partial charge is 0.340 e. The van der Waals surface area contributed by atoms with Gasteiger partial charge in [0.15, 0.2) is 5.96 Å². The number of hydrogen-bond donors (Lipinski definition) is 2. The van der Waals surface area contributed by atoms with Crippen LogP contribution in [0.3, 0.4) is 0 Å². The number of hydrogen-bond acceptors (Lipinski definition) is 3. The smallest absolute Gasteiger partial charge is 0.253 e. The number of guanidine groups is 1. The van der Waals surface area contributed by atoms with E-state index < -0.39 is 0 Å². The highest BCUT2D eigenvalue weighted by Crippen LogP contribution is 2.21. The summed E-state index contributed by atoms with van der Waals surface area (Å²) in [6, 6.07) is 7.68. The van der Waals surface area contributed by atoms with E-state index in [0.717, 1.165) is 5.56 Å². The van der Waals surface area contributed by atoms with E-state index in [-0.39, 0.29) is 11.9 Å². The van der Waals surface area contributed by atoms with Crippen molar-refractivity contribution in [1.82, 2.24) is 10.6 Å². The van der Waals surface area contributed by atoms with Crippen LogP contribution >= 0.6 is 11.8 Å². The molecule has 1 heterocycles. The fourth-order valence-electron chi connectivity index (χ4n) is 1.82. The van der Waals surface area contributed by atoms with Gasteiger partial charge < -0.3 is 5.32 Å². The Morgan fingerprint density at radius 1 is 1.32 bits per heavy atom. The molecule has 0 aliphatic carbocycles. The van der Waals surface area contributed by atoms with Crippen LogP contribution < -0.4 is 10.6 Å². The van der Waals surface area contributed by atoms with E-state index in [1.54, 1.807) is 11.8 Å². The molecule has 5 heteroatoms. The van der Waals surface area contributed by atoms with Gasteiger partial charge >= 0.3 is 0 Å². The molecule has 1 aliphatic rings. The Bertz CT molecular complexity index is 482. The third-order valence-electron chi connectivity index (χ3n) is 2.85. The zero-order chi connectivity index (χ0) is 13.8. The highest BCUT2D eigenvalue weighted by molar-refractivity contribution is 7.98. The molecule has 0 saturated carbocycles. The molecule has 19 heavy (non-hydrogen) atoms. The van der Waals surface area contributed by atoms with Crippen molar-refractivity contribution in [2.45, 2.75) is 24.8 Å². The summed E-state index contributed by atoms with van der Waals surface area (Å²) in [6.07, 6.45) is 2.03. The van der Waals surface area contributed by atoms with Gasteiger partial charge in [0.1, 0.15) is 6.04 Å². The van der Waals surface area contributed by atoms with E-state index in [2.05, 4.69) is 29.5 Å². The third kappa shape index (κ3) is 3.50. The van der Waals surface area contributed by atoms with E-state index in [1.807, 2.05) is 30.5 Å². The molecule has 0 spiro atoms. The fraction of sp³-hybridized carbons (Fsp3) is 0.429. The summed E-state index contributed by atoms with van der Waals surface area (Å²) in [5.74, 6) is 1.02. The van der Waals surface area contributed by atoms with E-state index in [9.17, 15) is 4.79 Å². The minimum Gasteiger partial charge on any atom is -0.340 e. The van der Waals surface area contributed by atoms with Gasteiger partial charge in [0.05, 0.1) is 0 Å². The predicted molar refractivity (Wildman–Crippen MR) is 79.4 cm³/mol. The van der Waals surface area contributed by atoms with Gasteiger partial charge in [-0.3, -0.25) is 15.1 Å². The van der Waals surface area contributed by atoms with Crippen LogP contribution in [-0.4, -0.2) is 24.7 Å². The summed E-state index contributed by atoms with van der Waals surface area (Å²) >= 11 is 1.69. The second-order valence-electron chi connectivity index (χ2n) is 4.92. The molecule has 2 N–H and O–H groups in total. The van der Waals surface area contributed by atoms with Crippen molar-refractivity contribution in [2.24, 2.45) is 10.9 Å². The Kier molecular flexibility index (Phi) is 4.47. The number of benzene rings is 1. The lowest BCUT2D eigenvalue weighted by Crippen LogP contribution is -2.26. The van der Waals surface area contributed by atoms with E-state index >= 15 is 0 Å². The first kappa shape index (κ1) is 13.9. The number of thioether (sulfide) groups is 1. The van der Waals surface area contributed by atoms with Gasteiger partial charge in [-0.15, -0.1) is 11.8 Å². The number of aliphatic imine (C=N–C) groups is 1. The molecule has 1 aromatic carbocycles. The summed E-state index contributed by atoms with van der Waals surface area (Å²) in [6.45, 7) is 4.90. The van der Waals surface area contributed by atoms with Gasteiger partial charge in [-0.05, 0) is 29.9 Å². The summed E-state index contributed by atoms with van der Waals surface area (Å²) in [5, 5.41) is 5.91. The maximum absolute atomic E-state index is 11.9. The lowest BCUT2D eigenvalue weighted by atomic mass is 10.1. The molecule has 1 atom stereocenters. The summed E-state index contributed by atoms with van der Waals surface area (Å²) in [5.41, 5.74) is 0.963. The lowest BCUT2D eigenvalue weighted by Gasteiger charge is -2.08. The maximum Gasteiger partial charge on any atom is 0.253 e. The van der Waals surface area contributed by atoms with E-state index in [4.69, 9.17) is 0 Å². The fourth-order valence-corrected chi connectivity index (χ4v) is 2.23. The quantitative estimate of drug-likeness (QED) is 0.829. The van der Waals surface area contributed by atoms with Crippen molar-refractivity contribution < 1.29 is 4.79 Å². The lowest BCUT2D eigenvalue weighted by molar-refractivity contribution is -0.120. The van der Waals surface area contributed by atoms with Gasteiger partial charge in [-0.2, -0.15) is 0 Å². The van der Waals surface area contributed by atoms with Crippen LogP contribution in [0.2, 0.25) is 0 Å². The minimum absolute atomic E-state index is 0.0422. The Labute approximate surface area is 118 Å². The van der Waals surface area contributed by atoms with Crippen molar-refractivity contribution in [1.29, 1.82) is 0 Å². The Hall–Kier alpha value is -1.49. The summed E-state index contributed by atoms with van der Waals surface area (Å²) < 4.78 is 0. The van der Waals surface area contributed by atoms with Crippen LogP contribution in [0.4, 0.5) is 0 Å². The number of carbonyl (C=O) groups is 1. The average Bonchev–Trinajstić information content (AvgIpc) is 2.78. The second-order valence-corrected chi connectivity index (χ2v) is 5.80. The van der Waals surface area contributed by atoms with E-state index in [0.29, 0.717) is 18.4 Å². The molecule has 1 fully saturated rings. The van der Waals surface area contributed by atoms with Crippen molar-refractivity contribution in [3.05, 3.63) is 29.8 Å². The van der Waals surface area contributed by atoms with Crippen molar-refractivity contribution in [3.8, 4) is 0 Å². The molecule has 4 nitrogen and oxygen atoms in total. The van der Waals surface area contributed by atoms with Crippen molar-refractivity contribution in [2.75, 3.05) is 12.8 Å². The molecule has 1 aromatic rings. The molecule has 0 aromatic heterocycles. The summed E-state index contributed by atoms with van der Waals surface area (Å²) in [4.78, 5) is 17.5. The van der Waals surface area contributed by atoms with Crippen molar-refractivity contribution >= 4 is 23.6 Å². The molecular formula is C14H19N3OS. The molecule has 2 rings (SSSR count). The SMILES string of the molecule is CSc1ccc(C2NC(=NCC(C)C)NC2=O)cc1. The number of nitrogens with one attached hydrogen (secondary N) is 2. The zero-order valence-corrected chi connectivity index (χ0v) is 12.3. The highest BCUT2D eigenvalue weighted by atomic mass is 32.2. The summed E-state index contributed by atoms with van der Waals surface area (Å²) in [7, 11) is 0. The number of amides is 1. The predicted octanol–water partition coefficient (Wildman–Crippen LogP) is 2.18. The van der Waals surface area contributed by atoms with E-state index in [1.165, 1.54) is 4.90 Å². The monoisotopic (exact) mass is 277 g/mol. The molecule has 1 amide bonds. The molecule has 0 bridgehead atoms. The number of carbonyl (C=O) groups excluding carboxylic acids is 1. The van der Waals surface area contributed by atoms with Crippen LogP contribution in [0, 0.1) is 5.92 Å². The van der Waals surface area contributed by atoms with Crippen LogP contribution in [0.15, 0.2) is 34.2 Å². The van der Waals surface area contributed by atoms with Gasteiger partial charge in [0.25, 0.3) is 5.91 Å². The molecule has 0 radical (unpaired) electrons. The van der Waals surface area contributed by atoms with Crippen LogP contribution in [-0.2, 0) is 4.79 Å². The van der Waals surface area contributed by atoms with Gasteiger partial charge in [0, 0.05) is 11.4 Å². The Morgan fingerprint density at radius 2 is 2.00 bits per heavy atom. The number of rotatable bonds is 4. The first-order chi connectivity index (χ1) is 9.10. The first-order valence-electron chi connectivity index (χ1n) is 6.36. The topological polar surface area (TPSA) is 53.5 Å². The van der Waals surface area contributed by atoms with Gasteiger partial charge in [-0.1, -0.05) is 26.0 Å². The van der Waals surface area contributed by atoms with Crippen LogP contribution in [0.25, 0.3) is 0 Å². The molecule has 1 aliphatic heterocycles. The third-order valence-corrected chi connectivity index (χ3v) is 3.59. The zero-order valence-electron chi connectivity index (χ0n) is 11.4. The maximum atomic E-state index is 11.9. The Balaban J connectivity index is 2.08. The second kappa shape index (κ2) is 6.10. The first-order valence-corrected chi connectivity index (χ1v) is 7.58. The van der Waals surface area contributed by atoms with Crippen LogP contribution in [0.1, 0.15) is 25.5 Å². The van der Waals surface area contributed by atoms with Gasteiger partial charge in [-0.25, -0.2) is 0 Å². The normalized spacial score (nSPS) is 20.7. The van der Waals surface area contributed by atoms with Crippen molar-refractivity contribution in [3.63, 3.8) is 0 Å². The highest BCUT2D eigenvalue weighted by Gasteiger charge is 2.29. The standard InChI is InChI=1S/C14H19N3OS/c1-9(2)8-15-14-16-12(13(18)17-14)10-4-6-11(19-3)7-5-10/h4-7,9,12H,8H2,1-3H3,(H2,15,16,17,18). The average molecular weight is 277 g/mol.